The van der Waals surface area contributed by atoms with Crippen LogP contribution >= 0.6 is 0 Å². The molecule has 0 amide bonds. The van der Waals surface area contributed by atoms with Crippen LogP contribution in [0.25, 0.3) is 0 Å². The van der Waals surface area contributed by atoms with Gasteiger partial charge in [-0.1, -0.05) is 30.3 Å². The molecule has 2 unspecified atom stereocenters. The molecule has 11 heteroatoms. The van der Waals surface area contributed by atoms with Crippen molar-refractivity contribution in [3.63, 3.8) is 0 Å². The van der Waals surface area contributed by atoms with Crippen molar-refractivity contribution < 1.29 is 53.2 Å². The van der Waals surface area contributed by atoms with E-state index in [9.17, 15) is 15.3 Å². The van der Waals surface area contributed by atoms with Gasteiger partial charge in [0.25, 0.3) is 0 Å². The molecular formula is C36H42O11. The number of hydrogen-bond donors (Lipinski definition) is 3. The van der Waals surface area contributed by atoms with E-state index in [4.69, 9.17) is 37.9 Å². The fourth-order valence-corrected chi connectivity index (χ4v) is 5.18. The van der Waals surface area contributed by atoms with Crippen LogP contribution in [0.5, 0.6) is 46.0 Å². The summed E-state index contributed by atoms with van der Waals surface area (Å²) in [4.78, 5) is 0. The molecule has 0 fully saturated rings. The molecule has 0 saturated carbocycles. The first kappa shape index (κ1) is 35.0. The summed E-state index contributed by atoms with van der Waals surface area (Å²) in [6.07, 6.45) is -3.16. The molecule has 0 heterocycles. The van der Waals surface area contributed by atoms with E-state index in [0.717, 1.165) is 0 Å². The van der Waals surface area contributed by atoms with Crippen molar-refractivity contribution in [2.75, 3.05) is 55.9 Å². The van der Waals surface area contributed by atoms with Gasteiger partial charge in [-0.3, -0.25) is 0 Å². The van der Waals surface area contributed by atoms with E-state index >= 15 is 0 Å². The molecule has 0 radical (unpaired) electrons. The zero-order valence-corrected chi connectivity index (χ0v) is 27.3. The number of ether oxygens (including phenoxy) is 8. The van der Waals surface area contributed by atoms with Gasteiger partial charge in [0, 0.05) is 5.92 Å². The third-order valence-electron chi connectivity index (χ3n) is 7.79. The average Bonchev–Trinajstić information content (AvgIpc) is 3.12. The number of aliphatic hydroxyl groups excluding tert-OH is 3. The second kappa shape index (κ2) is 16.6. The van der Waals surface area contributed by atoms with E-state index in [0.29, 0.717) is 62.7 Å². The Balaban J connectivity index is 1.60. The minimum absolute atomic E-state index is 0.100. The maximum atomic E-state index is 11.5. The van der Waals surface area contributed by atoms with E-state index in [2.05, 4.69) is 0 Å². The van der Waals surface area contributed by atoms with Crippen LogP contribution in [-0.4, -0.2) is 77.3 Å². The number of para-hydroxylation sites is 2. The van der Waals surface area contributed by atoms with Crippen molar-refractivity contribution in [3.8, 4) is 46.0 Å². The molecule has 0 saturated heterocycles. The summed E-state index contributed by atoms with van der Waals surface area (Å²) in [6, 6.07) is 22.4. The van der Waals surface area contributed by atoms with Crippen LogP contribution in [-0.2, 0) is 0 Å². The van der Waals surface area contributed by atoms with Gasteiger partial charge in [-0.2, -0.15) is 0 Å². The van der Waals surface area contributed by atoms with Crippen molar-refractivity contribution in [2.24, 2.45) is 0 Å². The molecule has 47 heavy (non-hydrogen) atoms. The predicted molar refractivity (Wildman–Crippen MR) is 175 cm³/mol. The summed E-state index contributed by atoms with van der Waals surface area (Å²) < 4.78 is 45.0. The Morgan fingerprint density at radius 1 is 0.489 bits per heavy atom. The first-order chi connectivity index (χ1) is 22.8. The molecule has 0 bridgehead atoms. The molecule has 11 nitrogen and oxygen atoms in total. The Morgan fingerprint density at radius 3 is 1.45 bits per heavy atom. The lowest BCUT2D eigenvalue weighted by molar-refractivity contribution is 0.00522. The van der Waals surface area contributed by atoms with Crippen LogP contribution in [0.4, 0.5) is 0 Å². The molecule has 0 aliphatic carbocycles. The molecule has 4 atom stereocenters. The van der Waals surface area contributed by atoms with Crippen LogP contribution in [0.2, 0.25) is 0 Å². The second-order valence-electron chi connectivity index (χ2n) is 10.4. The third kappa shape index (κ3) is 8.12. The fraction of sp³-hybridized carbons (Fsp3) is 0.333. The number of benzene rings is 4. The number of rotatable bonds is 17. The summed E-state index contributed by atoms with van der Waals surface area (Å²) in [5.74, 6) is 2.91. The third-order valence-corrected chi connectivity index (χ3v) is 7.79. The molecule has 4 aromatic rings. The zero-order chi connectivity index (χ0) is 33.9. The van der Waals surface area contributed by atoms with Gasteiger partial charge in [0.2, 0.25) is 0 Å². The predicted octanol–water partition coefficient (Wildman–Crippen LogP) is 5.11. The summed E-state index contributed by atoms with van der Waals surface area (Å²) in [6.45, 7) is -0.427. The van der Waals surface area contributed by atoms with Crippen molar-refractivity contribution in [3.05, 3.63) is 95.6 Å². The van der Waals surface area contributed by atoms with Gasteiger partial charge in [0.05, 0.1) is 55.4 Å². The number of methoxy groups -OCH3 is 6. The molecule has 252 valence electrons. The largest absolute Gasteiger partial charge is 0.493 e. The lowest BCUT2D eigenvalue weighted by Gasteiger charge is -2.27. The first-order valence-corrected chi connectivity index (χ1v) is 14.8. The van der Waals surface area contributed by atoms with Crippen molar-refractivity contribution >= 4 is 0 Å². The van der Waals surface area contributed by atoms with Gasteiger partial charge in [0.1, 0.15) is 12.7 Å². The van der Waals surface area contributed by atoms with Crippen LogP contribution in [0.15, 0.2) is 78.9 Å². The number of hydrogen-bond acceptors (Lipinski definition) is 11. The maximum absolute atomic E-state index is 11.5. The summed E-state index contributed by atoms with van der Waals surface area (Å²) in [7, 11) is 9.13. The van der Waals surface area contributed by atoms with E-state index in [1.165, 1.54) is 42.7 Å². The Kier molecular flexibility index (Phi) is 12.4. The minimum atomic E-state index is -1.15. The van der Waals surface area contributed by atoms with Gasteiger partial charge in [0.15, 0.2) is 52.1 Å². The minimum Gasteiger partial charge on any atom is -0.493 e. The lowest BCUT2D eigenvalue weighted by Crippen LogP contribution is -2.32. The van der Waals surface area contributed by atoms with E-state index in [1.807, 2.05) is 6.07 Å². The van der Waals surface area contributed by atoms with Crippen LogP contribution < -0.4 is 37.9 Å². The Bertz CT molecular complexity index is 1590. The summed E-state index contributed by atoms with van der Waals surface area (Å²) >= 11 is 0. The second-order valence-corrected chi connectivity index (χ2v) is 10.4. The highest BCUT2D eigenvalue weighted by molar-refractivity contribution is 5.47. The topological polar surface area (TPSA) is 135 Å². The molecule has 0 aromatic heterocycles. The Labute approximate surface area is 274 Å². The average molecular weight is 651 g/mol. The SMILES string of the molecule is COc1ccc(C(CO)C(O)c2ccc(OC[C@H](Oc3ccccc3OC)[C@H](O)c3ccc(OC)c(OC)c3)c(OC)c2)cc1OC. The monoisotopic (exact) mass is 650 g/mol. The molecule has 0 spiro atoms. The van der Waals surface area contributed by atoms with Crippen LogP contribution in [0, 0.1) is 0 Å². The molecule has 0 aliphatic rings. The van der Waals surface area contributed by atoms with Gasteiger partial charge in [-0.05, 0) is 65.2 Å². The molecule has 3 N–H and O–H groups in total. The summed E-state index contributed by atoms with van der Waals surface area (Å²) in [5, 5.41) is 33.1. The van der Waals surface area contributed by atoms with Gasteiger partial charge in [-0.25, -0.2) is 0 Å². The highest BCUT2D eigenvalue weighted by Crippen LogP contribution is 2.39. The van der Waals surface area contributed by atoms with Crippen LogP contribution in [0.1, 0.15) is 34.8 Å². The highest BCUT2D eigenvalue weighted by Gasteiger charge is 2.28. The fourth-order valence-electron chi connectivity index (χ4n) is 5.18. The maximum Gasteiger partial charge on any atom is 0.163 e. The number of aliphatic hydroxyl groups is 3. The molecule has 0 aliphatic heterocycles. The van der Waals surface area contributed by atoms with E-state index in [1.54, 1.807) is 72.8 Å². The molecule has 4 rings (SSSR count). The first-order valence-electron chi connectivity index (χ1n) is 14.8. The van der Waals surface area contributed by atoms with Crippen molar-refractivity contribution in [1.82, 2.24) is 0 Å². The van der Waals surface area contributed by atoms with Gasteiger partial charge in [-0.15, -0.1) is 0 Å². The standard InChI is InChI=1S/C36H42O11/c1-40-26-9-7-8-10-30(26)47-34(36(39)24-12-15-28(42-3)32(19-24)44-5)21-46-29-16-13-23(18-33(29)45-6)35(38)25(20-37)22-11-14-27(41-2)31(17-22)43-4/h7-19,25,34-39H,20-21H2,1-6H3/t25?,34-,35?,36+/m0/s1. The van der Waals surface area contributed by atoms with E-state index < -0.39 is 24.2 Å². The smallest absolute Gasteiger partial charge is 0.163 e. The molecule has 4 aromatic carbocycles. The van der Waals surface area contributed by atoms with E-state index in [-0.39, 0.29) is 13.2 Å². The normalized spacial score (nSPS) is 13.5. The lowest BCUT2D eigenvalue weighted by atomic mass is 9.89. The molecular weight excluding hydrogens is 608 g/mol. The van der Waals surface area contributed by atoms with Gasteiger partial charge >= 0.3 is 0 Å². The highest BCUT2D eigenvalue weighted by atomic mass is 16.6. The zero-order valence-electron chi connectivity index (χ0n) is 27.3. The Hall–Kier alpha value is -4.84. The Morgan fingerprint density at radius 2 is 0.915 bits per heavy atom. The van der Waals surface area contributed by atoms with Crippen molar-refractivity contribution in [1.29, 1.82) is 0 Å². The summed E-state index contributed by atoms with van der Waals surface area (Å²) in [5.41, 5.74) is 1.68. The van der Waals surface area contributed by atoms with Crippen LogP contribution in [0.3, 0.4) is 0 Å². The van der Waals surface area contributed by atoms with Crippen molar-refractivity contribution in [2.45, 2.75) is 24.2 Å². The van der Waals surface area contributed by atoms with Gasteiger partial charge < -0.3 is 53.2 Å². The quantitative estimate of drug-likeness (QED) is 0.141.